The Hall–Kier alpha value is -1.36. The van der Waals surface area contributed by atoms with Gasteiger partial charge in [0.2, 0.25) is 5.91 Å². The zero-order chi connectivity index (χ0) is 14.7. The second kappa shape index (κ2) is 6.39. The SMILES string of the molecule is CC(C)C(=O)N1CCN(C(=O)c2cccc(Br)c2)CC1. The summed E-state index contributed by atoms with van der Waals surface area (Å²) in [6.07, 6.45) is 0. The number of halogens is 1. The summed E-state index contributed by atoms with van der Waals surface area (Å²) >= 11 is 3.38. The van der Waals surface area contributed by atoms with Crippen molar-refractivity contribution >= 4 is 27.7 Å². The van der Waals surface area contributed by atoms with E-state index in [0.29, 0.717) is 31.7 Å². The van der Waals surface area contributed by atoms with E-state index in [0.717, 1.165) is 4.47 Å². The smallest absolute Gasteiger partial charge is 0.254 e. The summed E-state index contributed by atoms with van der Waals surface area (Å²) in [7, 11) is 0. The number of hydrogen-bond donors (Lipinski definition) is 0. The quantitative estimate of drug-likeness (QED) is 0.830. The van der Waals surface area contributed by atoms with Crippen molar-refractivity contribution in [3.05, 3.63) is 34.3 Å². The van der Waals surface area contributed by atoms with Crippen molar-refractivity contribution in [2.75, 3.05) is 26.2 Å². The molecule has 1 aromatic rings. The Labute approximate surface area is 127 Å². The Balaban J connectivity index is 1.97. The Morgan fingerprint density at radius 3 is 2.25 bits per heavy atom. The molecule has 0 saturated carbocycles. The van der Waals surface area contributed by atoms with Gasteiger partial charge in [-0.1, -0.05) is 35.8 Å². The van der Waals surface area contributed by atoms with E-state index >= 15 is 0 Å². The molecule has 1 aliphatic heterocycles. The van der Waals surface area contributed by atoms with Crippen molar-refractivity contribution in [1.29, 1.82) is 0 Å². The highest BCUT2D eigenvalue weighted by molar-refractivity contribution is 9.10. The molecule has 2 amide bonds. The van der Waals surface area contributed by atoms with Crippen molar-refractivity contribution in [3.8, 4) is 0 Å². The summed E-state index contributed by atoms with van der Waals surface area (Å²) in [6.45, 7) is 6.25. The fourth-order valence-corrected chi connectivity index (χ4v) is 2.70. The van der Waals surface area contributed by atoms with Gasteiger partial charge in [0.1, 0.15) is 0 Å². The fraction of sp³-hybridized carbons (Fsp3) is 0.467. The fourth-order valence-electron chi connectivity index (χ4n) is 2.30. The molecule has 1 heterocycles. The highest BCUT2D eigenvalue weighted by atomic mass is 79.9. The molecule has 4 nitrogen and oxygen atoms in total. The predicted molar refractivity (Wildman–Crippen MR) is 81.5 cm³/mol. The number of piperazine rings is 1. The van der Waals surface area contributed by atoms with Crippen LogP contribution in [0.25, 0.3) is 0 Å². The molecule has 1 aromatic carbocycles. The van der Waals surface area contributed by atoms with Crippen LogP contribution in [0.3, 0.4) is 0 Å². The van der Waals surface area contributed by atoms with Crippen LogP contribution >= 0.6 is 15.9 Å². The van der Waals surface area contributed by atoms with Gasteiger partial charge >= 0.3 is 0 Å². The highest BCUT2D eigenvalue weighted by Crippen LogP contribution is 2.15. The van der Waals surface area contributed by atoms with Crippen LogP contribution in [0.1, 0.15) is 24.2 Å². The van der Waals surface area contributed by atoms with E-state index in [1.54, 1.807) is 0 Å². The van der Waals surface area contributed by atoms with Gasteiger partial charge in [0.05, 0.1) is 0 Å². The molecule has 0 bridgehead atoms. The Morgan fingerprint density at radius 1 is 1.10 bits per heavy atom. The summed E-state index contributed by atoms with van der Waals surface area (Å²) < 4.78 is 0.900. The van der Waals surface area contributed by atoms with E-state index in [9.17, 15) is 9.59 Å². The lowest BCUT2D eigenvalue weighted by atomic mass is 10.1. The lowest BCUT2D eigenvalue weighted by Crippen LogP contribution is -2.51. The van der Waals surface area contributed by atoms with Crippen molar-refractivity contribution in [3.63, 3.8) is 0 Å². The van der Waals surface area contributed by atoms with Gasteiger partial charge in [0.25, 0.3) is 5.91 Å². The van der Waals surface area contributed by atoms with Crippen molar-refractivity contribution in [2.45, 2.75) is 13.8 Å². The summed E-state index contributed by atoms with van der Waals surface area (Å²) in [6, 6.07) is 7.40. The third kappa shape index (κ3) is 3.39. The van der Waals surface area contributed by atoms with Gasteiger partial charge in [0.15, 0.2) is 0 Å². The van der Waals surface area contributed by atoms with Crippen LogP contribution in [-0.4, -0.2) is 47.8 Å². The Kier molecular flexibility index (Phi) is 4.81. The topological polar surface area (TPSA) is 40.6 Å². The molecule has 0 unspecified atom stereocenters. The molecule has 1 fully saturated rings. The van der Waals surface area contributed by atoms with E-state index in [-0.39, 0.29) is 17.7 Å². The summed E-state index contributed by atoms with van der Waals surface area (Å²) in [5.41, 5.74) is 0.683. The van der Waals surface area contributed by atoms with Crippen LogP contribution in [0, 0.1) is 5.92 Å². The minimum Gasteiger partial charge on any atom is -0.339 e. The molecule has 1 saturated heterocycles. The third-order valence-corrected chi connectivity index (χ3v) is 3.94. The molecule has 0 radical (unpaired) electrons. The Morgan fingerprint density at radius 2 is 1.70 bits per heavy atom. The predicted octanol–water partition coefficient (Wildman–Crippen LogP) is 2.39. The van der Waals surface area contributed by atoms with Crippen molar-refractivity contribution in [1.82, 2.24) is 9.80 Å². The lowest BCUT2D eigenvalue weighted by molar-refractivity contribution is -0.135. The molecule has 108 valence electrons. The molecule has 0 aromatic heterocycles. The maximum atomic E-state index is 12.4. The van der Waals surface area contributed by atoms with Gasteiger partial charge in [-0.15, -0.1) is 0 Å². The Bertz CT molecular complexity index is 508. The first-order chi connectivity index (χ1) is 9.49. The molecule has 2 rings (SSSR count). The number of nitrogens with zero attached hydrogens (tertiary/aromatic N) is 2. The average Bonchev–Trinajstić information content (AvgIpc) is 2.46. The first kappa shape index (κ1) is 15.0. The zero-order valence-corrected chi connectivity index (χ0v) is 13.4. The van der Waals surface area contributed by atoms with E-state index in [1.165, 1.54) is 0 Å². The van der Waals surface area contributed by atoms with Crippen LogP contribution in [0.5, 0.6) is 0 Å². The molecule has 5 heteroatoms. The monoisotopic (exact) mass is 338 g/mol. The number of rotatable bonds is 2. The van der Waals surface area contributed by atoms with Crippen LogP contribution in [0.4, 0.5) is 0 Å². The minimum absolute atomic E-state index is 0.0160. The van der Waals surface area contributed by atoms with Gasteiger partial charge in [-0.05, 0) is 18.2 Å². The number of benzene rings is 1. The lowest BCUT2D eigenvalue weighted by Gasteiger charge is -2.35. The molecular formula is C15H19BrN2O2. The molecule has 0 aliphatic carbocycles. The van der Waals surface area contributed by atoms with Crippen LogP contribution in [-0.2, 0) is 4.79 Å². The van der Waals surface area contributed by atoms with E-state index in [2.05, 4.69) is 15.9 Å². The average molecular weight is 339 g/mol. The molecular weight excluding hydrogens is 320 g/mol. The first-order valence-electron chi connectivity index (χ1n) is 6.82. The van der Waals surface area contributed by atoms with Crippen LogP contribution in [0.2, 0.25) is 0 Å². The maximum Gasteiger partial charge on any atom is 0.254 e. The van der Waals surface area contributed by atoms with Gasteiger partial charge < -0.3 is 9.80 Å². The zero-order valence-electron chi connectivity index (χ0n) is 11.8. The van der Waals surface area contributed by atoms with Gasteiger partial charge in [-0.2, -0.15) is 0 Å². The van der Waals surface area contributed by atoms with E-state index in [1.807, 2.05) is 47.9 Å². The largest absolute Gasteiger partial charge is 0.339 e. The van der Waals surface area contributed by atoms with E-state index in [4.69, 9.17) is 0 Å². The number of amides is 2. The minimum atomic E-state index is 0.0160. The third-order valence-electron chi connectivity index (χ3n) is 3.44. The molecule has 20 heavy (non-hydrogen) atoms. The van der Waals surface area contributed by atoms with Crippen LogP contribution in [0.15, 0.2) is 28.7 Å². The molecule has 1 aliphatic rings. The maximum absolute atomic E-state index is 12.4. The van der Waals surface area contributed by atoms with Crippen molar-refractivity contribution < 1.29 is 9.59 Å². The normalized spacial score (nSPS) is 15.6. The number of hydrogen-bond acceptors (Lipinski definition) is 2. The first-order valence-corrected chi connectivity index (χ1v) is 7.62. The summed E-state index contributed by atoms with van der Waals surface area (Å²) in [4.78, 5) is 27.9. The molecule has 0 N–H and O–H groups in total. The molecule has 0 spiro atoms. The standard InChI is InChI=1S/C15H19BrN2O2/c1-11(2)14(19)17-6-8-18(9-7-17)15(20)12-4-3-5-13(16)10-12/h3-5,10-11H,6-9H2,1-2H3. The van der Waals surface area contributed by atoms with Gasteiger partial charge in [-0.3, -0.25) is 9.59 Å². The van der Waals surface area contributed by atoms with Gasteiger partial charge in [-0.25, -0.2) is 0 Å². The number of carbonyl (C=O) groups is 2. The summed E-state index contributed by atoms with van der Waals surface area (Å²) in [5.74, 6) is 0.213. The van der Waals surface area contributed by atoms with Crippen molar-refractivity contribution in [2.24, 2.45) is 5.92 Å². The van der Waals surface area contributed by atoms with Gasteiger partial charge in [0, 0.05) is 42.1 Å². The second-order valence-corrected chi connectivity index (χ2v) is 6.20. The highest BCUT2D eigenvalue weighted by Gasteiger charge is 2.25. The van der Waals surface area contributed by atoms with E-state index < -0.39 is 0 Å². The number of carbonyl (C=O) groups excluding carboxylic acids is 2. The second-order valence-electron chi connectivity index (χ2n) is 5.28. The summed E-state index contributed by atoms with van der Waals surface area (Å²) in [5, 5.41) is 0. The van der Waals surface area contributed by atoms with Crippen LogP contribution < -0.4 is 0 Å². The molecule has 0 atom stereocenters.